The molecule has 0 amide bonds. The van der Waals surface area contributed by atoms with E-state index in [1.165, 1.54) is 18.3 Å². The Bertz CT molecular complexity index is 495. The lowest BCUT2D eigenvalue weighted by molar-refractivity contribution is 0.587. The van der Waals surface area contributed by atoms with E-state index in [4.69, 9.17) is 0 Å². The third-order valence-electron chi connectivity index (χ3n) is 2.25. The zero-order valence-corrected chi connectivity index (χ0v) is 8.17. The van der Waals surface area contributed by atoms with Crippen LogP contribution < -0.4 is 0 Å². The number of hydrogen-bond acceptors (Lipinski definition) is 1. The van der Waals surface area contributed by atoms with Crippen molar-refractivity contribution in [2.24, 2.45) is 0 Å². The highest BCUT2D eigenvalue weighted by atomic mass is 19.1. The molecule has 3 heteroatoms. The first-order valence-electron chi connectivity index (χ1n) is 4.55. The van der Waals surface area contributed by atoms with E-state index in [9.17, 15) is 8.78 Å². The average Bonchev–Trinajstić information content (AvgIpc) is 2.23. The summed E-state index contributed by atoms with van der Waals surface area (Å²) >= 11 is 0. The summed E-state index contributed by atoms with van der Waals surface area (Å²) in [6.45, 7) is 1.81. The van der Waals surface area contributed by atoms with Gasteiger partial charge in [0.1, 0.15) is 5.82 Å². The van der Waals surface area contributed by atoms with Gasteiger partial charge in [0, 0.05) is 11.8 Å². The van der Waals surface area contributed by atoms with Crippen LogP contribution in [0.4, 0.5) is 8.78 Å². The fourth-order valence-electron chi connectivity index (χ4n) is 1.47. The van der Waals surface area contributed by atoms with E-state index in [2.05, 4.69) is 4.98 Å². The standard InChI is InChI=1S/C12H9F2N/c1-8-4-5-9(13)7-11(8)10-3-2-6-15-12(10)14/h2-7H,1H3. The summed E-state index contributed by atoms with van der Waals surface area (Å²) in [7, 11) is 0. The molecule has 76 valence electrons. The molecule has 2 aromatic rings. The van der Waals surface area contributed by atoms with Gasteiger partial charge in [-0.05, 0) is 42.3 Å². The van der Waals surface area contributed by atoms with Crippen LogP contribution in [0.5, 0.6) is 0 Å². The third kappa shape index (κ3) is 1.86. The van der Waals surface area contributed by atoms with E-state index in [1.807, 2.05) is 0 Å². The highest BCUT2D eigenvalue weighted by molar-refractivity contribution is 5.66. The van der Waals surface area contributed by atoms with Crippen LogP contribution >= 0.6 is 0 Å². The molecule has 2 rings (SSSR count). The molecular weight excluding hydrogens is 196 g/mol. The second-order valence-electron chi connectivity index (χ2n) is 3.30. The van der Waals surface area contributed by atoms with Crippen molar-refractivity contribution < 1.29 is 8.78 Å². The quantitative estimate of drug-likeness (QED) is 0.650. The minimum atomic E-state index is -0.578. The Morgan fingerprint density at radius 1 is 1.07 bits per heavy atom. The molecule has 0 saturated carbocycles. The lowest BCUT2D eigenvalue weighted by atomic mass is 10.0. The van der Waals surface area contributed by atoms with Gasteiger partial charge in [-0.1, -0.05) is 6.07 Å². The molecule has 0 spiro atoms. The van der Waals surface area contributed by atoms with Gasteiger partial charge >= 0.3 is 0 Å². The molecule has 15 heavy (non-hydrogen) atoms. The van der Waals surface area contributed by atoms with Crippen LogP contribution in [-0.2, 0) is 0 Å². The smallest absolute Gasteiger partial charge is 0.220 e. The van der Waals surface area contributed by atoms with E-state index >= 15 is 0 Å². The van der Waals surface area contributed by atoms with Crippen LogP contribution in [0, 0.1) is 18.7 Å². The van der Waals surface area contributed by atoms with E-state index in [1.54, 1.807) is 25.1 Å². The molecule has 0 fully saturated rings. The van der Waals surface area contributed by atoms with E-state index in [0.717, 1.165) is 5.56 Å². The van der Waals surface area contributed by atoms with Gasteiger partial charge in [-0.25, -0.2) is 9.37 Å². The van der Waals surface area contributed by atoms with Gasteiger partial charge in [-0.2, -0.15) is 4.39 Å². The number of pyridine rings is 1. The van der Waals surface area contributed by atoms with Crippen LogP contribution in [0.2, 0.25) is 0 Å². The third-order valence-corrected chi connectivity index (χ3v) is 2.25. The maximum Gasteiger partial charge on any atom is 0.220 e. The molecule has 1 nitrogen and oxygen atoms in total. The molecule has 0 atom stereocenters. The normalized spacial score (nSPS) is 10.3. The fourth-order valence-corrected chi connectivity index (χ4v) is 1.47. The highest BCUT2D eigenvalue weighted by Gasteiger charge is 2.08. The van der Waals surface area contributed by atoms with Gasteiger partial charge in [0.15, 0.2) is 0 Å². The van der Waals surface area contributed by atoms with Gasteiger partial charge in [0.2, 0.25) is 5.95 Å². The predicted octanol–water partition coefficient (Wildman–Crippen LogP) is 3.34. The molecule has 0 aliphatic heterocycles. The molecule has 1 aromatic carbocycles. The maximum atomic E-state index is 13.4. The van der Waals surface area contributed by atoms with Crippen molar-refractivity contribution in [1.29, 1.82) is 0 Å². The topological polar surface area (TPSA) is 12.9 Å². The van der Waals surface area contributed by atoms with Crippen molar-refractivity contribution >= 4 is 0 Å². The number of nitrogens with zero attached hydrogens (tertiary/aromatic N) is 1. The molecule has 0 aliphatic rings. The molecule has 0 N–H and O–H groups in total. The Hall–Kier alpha value is -1.77. The Morgan fingerprint density at radius 2 is 1.87 bits per heavy atom. The van der Waals surface area contributed by atoms with Gasteiger partial charge in [0.25, 0.3) is 0 Å². The Kier molecular flexibility index (Phi) is 2.46. The summed E-state index contributed by atoms with van der Waals surface area (Å²) < 4.78 is 26.4. The minimum absolute atomic E-state index is 0.328. The van der Waals surface area contributed by atoms with E-state index in [0.29, 0.717) is 11.1 Å². The average molecular weight is 205 g/mol. The molecule has 1 heterocycles. The second-order valence-corrected chi connectivity index (χ2v) is 3.30. The second kappa shape index (κ2) is 3.77. The summed E-state index contributed by atoms with van der Waals surface area (Å²) in [6, 6.07) is 7.51. The van der Waals surface area contributed by atoms with Gasteiger partial charge in [0.05, 0.1) is 0 Å². The van der Waals surface area contributed by atoms with Gasteiger partial charge in [-0.15, -0.1) is 0 Å². The lowest BCUT2D eigenvalue weighted by Gasteiger charge is -2.06. The molecule has 0 bridgehead atoms. The lowest BCUT2D eigenvalue weighted by Crippen LogP contribution is -1.91. The van der Waals surface area contributed by atoms with Crippen molar-refractivity contribution in [3.8, 4) is 11.1 Å². The Balaban J connectivity index is 2.64. The first kappa shape index (κ1) is 9.77. The van der Waals surface area contributed by atoms with Crippen molar-refractivity contribution in [2.75, 3.05) is 0 Å². The van der Waals surface area contributed by atoms with Crippen LogP contribution in [0.1, 0.15) is 5.56 Å². The molecule has 1 aromatic heterocycles. The number of rotatable bonds is 1. The zero-order chi connectivity index (χ0) is 10.8. The molecule has 0 saturated heterocycles. The monoisotopic (exact) mass is 205 g/mol. The zero-order valence-electron chi connectivity index (χ0n) is 8.17. The first-order chi connectivity index (χ1) is 7.18. The Morgan fingerprint density at radius 3 is 2.60 bits per heavy atom. The maximum absolute atomic E-state index is 13.4. The highest BCUT2D eigenvalue weighted by Crippen LogP contribution is 2.25. The predicted molar refractivity (Wildman–Crippen MR) is 54.3 cm³/mol. The number of hydrogen-bond donors (Lipinski definition) is 0. The summed E-state index contributed by atoms with van der Waals surface area (Å²) in [5, 5.41) is 0. The van der Waals surface area contributed by atoms with Crippen LogP contribution in [0.15, 0.2) is 36.5 Å². The summed E-state index contributed by atoms with van der Waals surface area (Å²) in [5.41, 5.74) is 1.69. The van der Waals surface area contributed by atoms with Crippen molar-refractivity contribution in [1.82, 2.24) is 4.98 Å². The van der Waals surface area contributed by atoms with Crippen LogP contribution in [0.25, 0.3) is 11.1 Å². The molecule has 0 radical (unpaired) electrons. The summed E-state index contributed by atoms with van der Waals surface area (Å²) in [6.07, 6.45) is 1.37. The molecule has 0 unspecified atom stereocenters. The fraction of sp³-hybridized carbons (Fsp3) is 0.0833. The van der Waals surface area contributed by atoms with Gasteiger partial charge < -0.3 is 0 Å². The van der Waals surface area contributed by atoms with Crippen molar-refractivity contribution in [3.63, 3.8) is 0 Å². The first-order valence-corrected chi connectivity index (χ1v) is 4.55. The number of aryl methyl sites for hydroxylation is 1. The Labute approximate surface area is 86.4 Å². The summed E-state index contributed by atoms with van der Waals surface area (Å²) in [5.74, 6) is -0.954. The van der Waals surface area contributed by atoms with E-state index < -0.39 is 5.95 Å². The van der Waals surface area contributed by atoms with E-state index in [-0.39, 0.29) is 5.82 Å². The largest absolute Gasteiger partial charge is 0.228 e. The number of aromatic nitrogens is 1. The number of halogens is 2. The molecule has 0 aliphatic carbocycles. The van der Waals surface area contributed by atoms with Crippen molar-refractivity contribution in [3.05, 3.63) is 53.9 Å². The summed E-state index contributed by atoms with van der Waals surface area (Å²) in [4.78, 5) is 3.54. The minimum Gasteiger partial charge on any atom is -0.228 e. The van der Waals surface area contributed by atoms with Gasteiger partial charge in [-0.3, -0.25) is 0 Å². The molecular formula is C12H9F2N. The van der Waals surface area contributed by atoms with Crippen molar-refractivity contribution in [2.45, 2.75) is 6.92 Å². The SMILES string of the molecule is Cc1ccc(F)cc1-c1cccnc1F. The van der Waals surface area contributed by atoms with Crippen LogP contribution in [0.3, 0.4) is 0 Å². The number of benzene rings is 1. The van der Waals surface area contributed by atoms with Crippen LogP contribution in [-0.4, -0.2) is 4.98 Å².